The van der Waals surface area contributed by atoms with Crippen molar-refractivity contribution in [1.29, 1.82) is 0 Å². The summed E-state index contributed by atoms with van der Waals surface area (Å²) in [6.45, 7) is 1.34. The number of aromatic nitrogens is 1. The van der Waals surface area contributed by atoms with E-state index < -0.39 is 9.84 Å². The van der Waals surface area contributed by atoms with Gasteiger partial charge in [0.15, 0.2) is 9.84 Å². The second-order valence-corrected chi connectivity index (χ2v) is 4.88. The maximum absolute atomic E-state index is 11.1. The fourth-order valence-corrected chi connectivity index (χ4v) is 1.49. The van der Waals surface area contributed by atoms with Gasteiger partial charge in [-0.05, 0) is 6.07 Å². The lowest BCUT2D eigenvalue weighted by Crippen LogP contribution is -2.07. The Bertz CT molecular complexity index is 453. The SMILES string of the molecule is CC(=O)Nc1cncc(S(C)(=O)=O)c1. The van der Waals surface area contributed by atoms with Crippen molar-refractivity contribution in [2.75, 3.05) is 11.6 Å². The molecular weight excluding hydrogens is 204 g/mol. The highest BCUT2D eigenvalue weighted by molar-refractivity contribution is 7.90. The van der Waals surface area contributed by atoms with Gasteiger partial charge >= 0.3 is 0 Å². The number of carbonyl (C=O) groups is 1. The zero-order valence-corrected chi connectivity index (χ0v) is 8.63. The van der Waals surface area contributed by atoms with Gasteiger partial charge in [0.2, 0.25) is 5.91 Å². The molecule has 0 unspecified atom stereocenters. The first-order valence-corrected chi connectivity index (χ1v) is 5.71. The molecule has 0 atom stereocenters. The van der Waals surface area contributed by atoms with E-state index in [0.29, 0.717) is 5.69 Å². The normalized spacial score (nSPS) is 11.0. The monoisotopic (exact) mass is 214 g/mol. The Hall–Kier alpha value is -1.43. The van der Waals surface area contributed by atoms with Crippen molar-refractivity contribution in [3.63, 3.8) is 0 Å². The van der Waals surface area contributed by atoms with Crippen LogP contribution >= 0.6 is 0 Å². The summed E-state index contributed by atoms with van der Waals surface area (Å²) in [5.41, 5.74) is 0.375. The van der Waals surface area contributed by atoms with Crippen LogP contribution in [0.4, 0.5) is 5.69 Å². The number of rotatable bonds is 2. The number of carbonyl (C=O) groups excluding carboxylic acids is 1. The number of amides is 1. The van der Waals surface area contributed by atoms with Crippen LogP contribution in [0.2, 0.25) is 0 Å². The Kier molecular flexibility index (Phi) is 2.85. The van der Waals surface area contributed by atoms with Crippen LogP contribution in [0.5, 0.6) is 0 Å². The molecular formula is C8H10N2O3S. The minimum absolute atomic E-state index is 0.0868. The van der Waals surface area contributed by atoms with Gasteiger partial charge in [-0.25, -0.2) is 8.42 Å². The number of nitrogens with zero attached hydrogens (tertiary/aromatic N) is 1. The molecule has 1 amide bonds. The Morgan fingerprint density at radius 1 is 1.43 bits per heavy atom. The molecule has 0 spiro atoms. The lowest BCUT2D eigenvalue weighted by atomic mass is 10.4. The van der Waals surface area contributed by atoms with Crippen molar-refractivity contribution in [3.8, 4) is 0 Å². The molecule has 76 valence electrons. The summed E-state index contributed by atoms with van der Waals surface area (Å²) in [5.74, 6) is -0.266. The van der Waals surface area contributed by atoms with Crippen LogP contribution in [0.25, 0.3) is 0 Å². The summed E-state index contributed by atoms with van der Waals surface area (Å²) >= 11 is 0. The number of anilines is 1. The fraction of sp³-hybridized carbons (Fsp3) is 0.250. The number of hydrogen-bond acceptors (Lipinski definition) is 4. The molecule has 0 bridgehead atoms. The first-order chi connectivity index (χ1) is 6.39. The number of nitrogens with one attached hydrogen (secondary N) is 1. The summed E-state index contributed by atoms with van der Waals surface area (Å²) < 4.78 is 22.2. The van der Waals surface area contributed by atoms with Crippen LogP contribution in [0.3, 0.4) is 0 Å². The van der Waals surface area contributed by atoms with E-state index in [1.54, 1.807) is 0 Å². The molecule has 6 heteroatoms. The van der Waals surface area contributed by atoms with E-state index in [-0.39, 0.29) is 10.8 Å². The molecule has 0 saturated carbocycles. The van der Waals surface area contributed by atoms with E-state index >= 15 is 0 Å². The molecule has 5 nitrogen and oxygen atoms in total. The van der Waals surface area contributed by atoms with E-state index in [0.717, 1.165) is 6.26 Å². The maximum Gasteiger partial charge on any atom is 0.221 e. The third kappa shape index (κ3) is 2.81. The van der Waals surface area contributed by atoms with Gasteiger partial charge in [-0.1, -0.05) is 0 Å². The minimum atomic E-state index is -3.27. The van der Waals surface area contributed by atoms with Crippen molar-refractivity contribution in [2.24, 2.45) is 0 Å². The molecule has 1 aromatic rings. The number of pyridine rings is 1. The summed E-state index contributed by atoms with van der Waals surface area (Å²) in [6, 6.07) is 1.36. The molecule has 0 radical (unpaired) electrons. The summed E-state index contributed by atoms with van der Waals surface area (Å²) in [7, 11) is -3.27. The summed E-state index contributed by atoms with van der Waals surface area (Å²) in [6.07, 6.45) is 3.71. The van der Waals surface area contributed by atoms with Crippen LogP contribution in [-0.2, 0) is 14.6 Å². The largest absolute Gasteiger partial charge is 0.325 e. The Labute approximate surface area is 82.1 Å². The predicted molar refractivity (Wildman–Crippen MR) is 51.7 cm³/mol. The minimum Gasteiger partial charge on any atom is -0.325 e. The zero-order valence-electron chi connectivity index (χ0n) is 7.81. The second kappa shape index (κ2) is 3.75. The smallest absolute Gasteiger partial charge is 0.221 e. The number of sulfone groups is 1. The van der Waals surface area contributed by atoms with Crippen molar-refractivity contribution >= 4 is 21.4 Å². The maximum atomic E-state index is 11.1. The fourth-order valence-electron chi connectivity index (χ4n) is 0.893. The van der Waals surface area contributed by atoms with Crippen LogP contribution < -0.4 is 5.32 Å². The second-order valence-electron chi connectivity index (χ2n) is 2.86. The van der Waals surface area contributed by atoms with Crippen LogP contribution in [0.15, 0.2) is 23.4 Å². The molecule has 1 N–H and O–H groups in total. The zero-order chi connectivity index (χ0) is 10.8. The lowest BCUT2D eigenvalue weighted by Gasteiger charge is -2.02. The average Bonchev–Trinajstić information content (AvgIpc) is 2.01. The summed E-state index contributed by atoms with van der Waals surface area (Å²) in [5, 5.41) is 2.45. The van der Waals surface area contributed by atoms with Crippen molar-refractivity contribution in [1.82, 2.24) is 4.98 Å². The standard InChI is InChI=1S/C8H10N2O3S/c1-6(11)10-7-3-8(5-9-4-7)14(2,12)13/h3-5H,1-2H3,(H,10,11). The average molecular weight is 214 g/mol. The topological polar surface area (TPSA) is 76.1 Å². The molecule has 0 aromatic carbocycles. The first kappa shape index (κ1) is 10.6. The van der Waals surface area contributed by atoms with E-state index in [4.69, 9.17) is 0 Å². The van der Waals surface area contributed by atoms with Gasteiger partial charge in [0.05, 0.1) is 16.8 Å². The van der Waals surface area contributed by atoms with Crippen molar-refractivity contribution in [3.05, 3.63) is 18.5 Å². The molecule has 1 heterocycles. The van der Waals surface area contributed by atoms with Gasteiger partial charge in [-0.3, -0.25) is 9.78 Å². The van der Waals surface area contributed by atoms with Gasteiger partial charge in [-0.15, -0.1) is 0 Å². The quantitative estimate of drug-likeness (QED) is 0.775. The highest BCUT2D eigenvalue weighted by Crippen LogP contribution is 2.12. The summed E-state index contributed by atoms with van der Waals surface area (Å²) in [4.78, 5) is 14.5. The van der Waals surface area contributed by atoms with E-state index in [9.17, 15) is 13.2 Å². The molecule has 1 rings (SSSR count). The third-order valence-corrected chi connectivity index (χ3v) is 2.54. The highest BCUT2D eigenvalue weighted by atomic mass is 32.2. The van der Waals surface area contributed by atoms with Crippen molar-refractivity contribution in [2.45, 2.75) is 11.8 Å². The van der Waals surface area contributed by atoms with Gasteiger partial charge < -0.3 is 5.32 Å². The molecule has 0 saturated heterocycles. The Morgan fingerprint density at radius 3 is 2.57 bits per heavy atom. The van der Waals surface area contributed by atoms with Crippen LogP contribution in [0, 0.1) is 0 Å². The Balaban J connectivity index is 3.08. The van der Waals surface area contributed by atoms with E-state index in [1.165, 1.54) is 25.4 Å². The van der Waals surface area contributed by atoms with Gasteiger partial charge in [0.25, 0.3) is 0 Å². The van der Waals surface area contributed by atoms with Gasteiger partial charge in [-0.2, -0.15) is 0 Å². The molecule has 0 fully saturated rings. The van der Waals surface area contributed by atoms with Crippen LogP contribution in [0.1, 0.15) is 6.92 Å². The van der Waals surface area contributed by atoms with Crippen molar-refractivity contribution < 1.29 is 13.2 Å². The Morgan fingerprint density at radius 2 is 2.07 bits per heavy atom. The molecule has 0 aliphatic rings. The van der Waals surface area contributed by atoms with E-state index in [1.807, 2.05) is 0 Å². The molecule has 14 heavy (non-hydrogen) atoms. The first-order valence-electron chi connectivity index (χ1n) is 3.82. The lowest BCUT2D eigenvalue weighted by molar-refractivity contribution is -0.114. The van der Waals surface area contributed by atoms with Gasteiger partial charge in [0.1, 0.15) is 0 Å². The molecule has 0 aliphatic carbocycles. The molecule has 0 aliphatic heterocycles. The highest BCUT2D eigenvalue weighted by Gasteiger charge is 2.08. The number of hydrogen-bond donors (Lipinski definition) is 1. The molecule has 1 aromatic heterocycles. The predicted octanol–water partition coefficient (Wildman–Crippen LogP) is 0.443. The van der Waals surface area contributed by atoms with Gasteiger partial charge in [0, 0.05) is 19.4 Å². The third-order valence-electron chi connectivity index (χ3n) is 1.46. The van der Waals surface area contributed by atoms with Crippen LogP contribution in [-0.4, -0.2) is 25.6 Å². The van der Waals surface area contributed by atoms with E-state index in [2.05, 4.69) is 10.3 Å².